The largest absolute Gasteiger partial charge is 0.480 e. The fourth-order valence-electron chi connectivity index (χ4n) is 3.89. The van der Waals surface area contributed by atoms with Gasteiger partial charge in [0.05, 0.1) is 16.4 Å². The van der Waals surface area contributed by atoms with Crippen molar-refractivity contribution in [2.45, 2.75) is 37.0 Å². The predicted octanol–water partition coefficient (Wildman–Crippen LogP) is 1.46. The number of sulfone groups is 1. The topological polar surface area (TPSA) is 91.8 Å². The molecule has 3 rings (SSSR count). The molecule has 1 aliphatic heterocycles. The highest BCUT2D eigenvalue weighted by Crippen LogP contribution is 2.52. The molecule has 2 fully saturated rings. The van der Waals surface area contributed by atoms with E-state index in [1.54, 1.807) is 0 Å². The van der Waals surface area contributed by atoms with Crippen LogP contribution in [0.1, 0.15) is 31.2 Å². The molecule has 1 heterocycles. The summed E-state index contributed by atoms with van der Waals surface area (Å²) >= 11 is 0. The molecule has 1 aromatic carbocycles. The van der Waals surface area contributed by atoms with Gasteiger partial charge in [0.15, 0.2) is 9.84 Å². The van der Waals surface area contributed by atoms with Crippen LogP contribution in [0.4, 0.5) is 0 Å². The van der Waals surface area contributed by atoms with Crippen molar-refractivity contribution in [3.8, 4) is 0 Å². The molecular weight excluding hydrogens is 330 g/mol. The van der Waals surface area contributed by atoms with E-state index in [9.17, 15) is 18.0 Å². The van der Waals surface area contributed by atoms with Crippen LogP contribution in [0.5, 0.6) is 0 Å². The molecule has 1 atom stereocenters. The summed E-state index contributed by atoms with van der Waals surface area (Å²) in [7, 11) is -3.27. The minimum absolute atomic E-state index is 0.0235. The van der Waals surface area contributed by atoms with Crippen molar-refractivity contribution >= 4 is 21.7 Å². The van der Waals surface area contributed by atoms with E-state index < -0.39 is 33.0 Å². The molecule has 24 heavy (non-hydrogen) atoms. The Balaban J connectivity index is 1.85. The van der Waals surface area contributed by atoms with E-state index in [2.05, 4.69) is 0 Å². The zero-order valence-corrected chi connectivity index (χ0v) is 14.2. The SMILES string of the molecule is O=C(O)CN(Cc1ccccc1)C(=O)C1CCS(=O)(=O)C12CCC2. The van der Waals surface area contributed by atoms with Crippen LogP contribution in [-0.4, -0.2) is 47.3 Å². The van der Waals surface area contributed by atoms with Crippen LogP contribution in [0.15, 0.2) is 30.3 Å². The molecular formula is C17H21NO5S. The van der Waals surface area contributed by atoms with Crippen molar-refractivity contribution in [2.24, 2.45) is 5.92 Å². The van der Waals surface area contributed by atoms with Crippen molar-refractivity contribution in [2.75, 3.05) is 12.3 Å². The van der Waals surface area contributed by atoms with Gasteiger partial charge in [-0.25, -0.2) is 8.42 Å². The Morgan fingerprint density at radius 2 is 1.88 bits per heavy atom. The second-order valence-electron chi connectivity index (χ2n) is 6.65. The number of carboxylic acids is 1. The first-order valence-electron chi connectivity index (χ1n) is 8.12. The van der Waals surface area contributed by atoms with Gasteiger partial charge >= 0.3 is 5.97 Å². The number of carboxylic acid groups (broad SMARTS) is 1. The zero-order valence-electron chi connectivity index (χ0n) is 13.3. The summed E-state index contributed by atoms with van der Waals surface area (Å²) in [5, 5.41) is 9.15. The lowest BCUT2D eigenvalue weighted by Crippen LogP contribution is -2.53. The number of carbonyl (C=O) groups is 2. The Morgan fingerprint density at radius 3 is 2.42 bits per heavy atom. The maximum atomic E-state index is 13.0. The fourth-order valence-corrected chi connectivity index (χ4v) is 6.40. The van der Waals surface area contributed by atoms with E-state index in [-0.39, 0.29) is 18.2 Å². The van der Waals surface area contributed by atoms with Gasteiger partial charge in [-0.1, -0.05) is 36.8 Å². The Bertz CT molecular complexity index is 740. The molecule has 0 bridgehead atoms. The first-order valence-corrected chi connectivity index (χ1v) is 9.78. The van der Waals surface area contributed by atoms with Crippen LogP contribution in [0.25, 0.3) is 0 Å². The van der Waals surface area contributed by atoms with E-state index in [0.717, 1.165) is 12.0 Å². The summed E-state index contributed by atoms with van der Waals surface area (Å²) < 4.78 is 23.8. The van der Waals surface area contributed by atoms with Crippen LogP contribution in [-0.2, 0) is 26.0 Å². The van der Waals surface area contributed by atoms with Crippen molar-refractivity contribution in [3.05, 3.63) is 35.9 Å². The smallest absolute Gasteiger partial charge is 0.323 e. The van der Waals surface area contributed by atoms with Gasteiger partial charge in [-0.3, -0.25) is 9.59 Å². The highest BCUT2D eigenvalue weighted by atomic mass is 32.2. The average molecular weight is 351 g/mol. The molecule has 1 saturated carbocycles. The molecule has 1 unspecified atom stereocenters. The number of carbonyl (C=O) groups excluding carboxylic acids is 1. The number of hydrogen-bond acceptors (Lipinski definition) is 4. The van der Waals surface area contributed by atoms with E-state index in [1.165, 1.54) is 4.90 Å². The molecule has 2 aliphatic rings. The van der Waals surface area contributed by atoms with Gasteiger partial charge in [0.1, 0.15) is 6.54 Å². The maximum absolute atomic E-state index is 13.0. The van der Waals surface area contributed by atoms with Crippen molar-refractivity contribution < 1.29 is 23.1 Å². The van der Waals surface area contributed by atoms with Gasteiger partial charge in [0, 0.05) is 6.54 Å². The van der Waals surface area contributed by atoms with E-state index in [4.69, 9.17) is 5.11 Å². The average Bonchev–Trinajstić information content (AvgIpc) is 2.77. The van der Waals surface area contributed by atoms with Crippen molar-refractivity contribution in [3.63, 3.8) is 0 Å². The number of aliphatic carboxylic acids is 1. The Morgan fingerprint density at radius 1 is 1.21 bits per heavy atom. The summed E-state index contributed by atoms with van der Waals surface area (Å²) in [6, 6.07) is 9.15. The van der Waals surface area contributed by atoms with Gasteiger partial charge in [0.2, 0.25) is 5.91 Å². The predicted molar refractivity (Wildman–Crippen MR) is 88.0 cm³/mol. The van der Waals surface area contributed by atoms with E-state index >= 15 is 0 Å². The lowest BCUT2D eigenvalue weighted by Gasteiger charge is -2.42. The van der Waals surface area contributed by atoms with Crippen LogP contribution < -0.4 is 0 Å². The number of benzene rings is 1. The third-order valence-electron chi connectivity index (χ3n) is 5.28. The second kappa shape index (κ2) is 6.20. The molecule has 7 heteroatoms. The molecule has 1 spiro atoms. The molecule has 0 aromatic heterocycles. The van der Waals surface area contributed by atoms with Gasteiger partial charge in [-0.05, 0) is 24.8 Å². The second-order valence-corrected chi connectivity index (χ2v) is 9.10. The minimum atomic E-state index is -3.27. The van der Waals surface area contributed by atoms with Crippen molar-refractivity contribution in [1.82, 2.24) is 4.90 Å². The lowest BCUT2D eigenvalue weighted by molar-refractivity contribution is -0.147. The zero-order chi connectivity index (χ0) is 17.4. The Hall–Kier alpha value is -1.89. The molecule has 1 amide bonds. The number of hydrogen-bond donors (Lipinski definition) is 1. The fraction of sp³-hybridized carbons (Fsp3) is 0.529. The summed E-state index contributed by atoms with van der Waals surface area (Å²) in [5.74, 6) is -2.03. The minimum Gasteiger partial charge on any atom is -0.480 e. The quantitative estimate of drug-likeness (QED) is 0.867. The maximum Gasteiger partial charge on any atom is 0.323 e. The molecule has 1 saturated heterocycles. The molecule has 6 nitrogen and oxygen atoms in total. The first-order chi connectivity index (χ1) is 11.4. The molecule has 1 aliphatic carbocycles. The highest BCUT2D eigenvalue weighted by Gasteiger charge is 2.61. The first kappa shape index (κ1) is 17.0. The summed E-state index contributed by atoms with van der Waals surface area (Å²) in [4.78, 5) is 25.4. The Labute approximate surface area is 141 Å². The molecule has 1 aromatic rings. The Kier molecular flexibility index (Phi) is 4.38. The van der Waals surface area contributed by atoms with Gasteiger partial charge in [-0.2, -0.15) is 0 Å². The van der Waals surface area contributed by atoms with Gasteiger partial charge in [-0.15, -0.1) is 0 Å². The highest BCUT2D eigenvalue weighted by molar-refractivity contribution is 7.93. The third-order valence-corrected chi connectivity index (χ3v) is 7.99. The summed E-state index contributed by atoms with van der Waals surface area (Å²) in [5.41, 5.74) is 0.829. The third kappa shape index (κ3) is 2.81. The van der Waals surface area contributed by atoms with Crippen LogP contribution in [0, 0.1) is 5.92 Å². The van der Waals surface area contributed by atoms with E-state index in [0.29, 0.717) is 19.3 Å². The van der Waals surface area contributed by atoms with Crippen molar-refractivity contribution in [1.29, 1.82) is 0 Å². The molecule has 0 radical (unpaired) electrons. The van der Waals surface area contributed by atoms with Crippen LogP contribution >= 0.6 is 0 Å². The number of rotatable bonds is 5. The number of nitrogens with zero attached hydrogens (tertiary/aromatic N) is 1. The lowest BCUT2D eigenvalue weighted by atomic mass is 9.73. The normalized spacial score (nSPS) is 23.6. The molecule has 1 N–H and O–H groups in total. The van der Waals surface area contributed by atoms with Gasteiger partial charge < -0.3 is 10.0 Å². The van der Waals surface area contributed by atoms with Crippen LogP contribution in [0.3, 0.4) is 0 Å². The standard InChI is InChI=1S/C17H21NO5S/c19-15(20)12-18(11-13-5-2-1-3-6-13)16(21)14-7-10-24(22,23)17(14)8-4-9-17/h1-3,5-6,14H,4,7-12H2,(H,19,20). The summed E-state index contributed by atoms with van der Waals surface area (Å²) in [6.45, 7) is -0.237. The van der Waals surface area contributed by atoms with Crippen LogP contribution in [0.2, 0.25) is 0 Å². The molecule has 130 valence electrons. The van der Waals surface area contributed by atoms with E-state index in [1.807, 2.05) is 30.3 Å². The monoisotopic (exact) mass is 351 g/mol. The summed E-state index contributed by atoms with van der Waals surface area (Å²) in [6.07, 6.45) is 2.13. The van der Waals surface area contributed by atoms with Gasteiger partial charge in [0.25, 0.3) is 0 Å². The number of amides is 1.